The lowest BCUT2D eigenvalue weighted by Crippen LogP contribution is -2.33. The summed E-state index contributed by atoms with van der Waals surface area (Å²) < 4.78 is 40.6. The highest BCUT2D eigenvalue weighted by Gasteiger charge is 2.25. The third kappa shape index (κ3) is 5.01. The third-order valence-electron chi connectivity index (χ3n) is 2.35. The van der Waals surface area contributed by atoms with Crippen molar-refractivity contribution in [1.29, 1.82) is 0 Å². The molecule has 0 unspecified atom stereocenters. The lowest BCUT2D eigenvalue weighted by atomic mass is 9.98. The molecule has 2 N–H and O–H groups in total. The Morgan fingerprint density at radius 3 is 2.50 bits per heavy atom. The van der Waals surface area contributed by atoms with Gasteiger partial charge in [-0.2, -0.15) is 0 Å². The molecule has 0 amide bonds. The average molecular weight is 275 g/mol. The van der Waals surface area contributed by atoms with Gasteiger partial charge in [0.05, 0.1) is 12.4 Å². The molecule has 0 aliphatic carbocycles. The maximum Gasteiger partial charge on any atom is 0.209 e. The Hall–Kier alpha value is -1.14. The molecule has 0 fully saturated rings. The summed E-state index contributed by atoms with van der Waals surface area (Å²) in [6.07, 6.45) is 0. The highest BCUT2D eigenvalue weighted by Crippen LogP contribution is 2.21. The fourth-order valence-electron chi connectivity index (χ4n) is 1.57. The van der Waals surface area contributed by atoms with Crippen LogP contribution in [0.1, 0.15) is 19.4 Å². The zero-order valence-electron chi connectivity index (χ0n) is 10.7. The Bertz CT molecular complexity index is 526. The summed E-state index contributed by atoms with van der Waals surface area (Å²) in [5.74, 6) is 0.0442. The van der Waals surface area contributed by atoms with Crippen molar-refractivity contribution in [2.24, 2.45) is 10.6 Å². The smallest absolute Gasteiger partial charge is 0.209 e. The summed E-state index contributed by atoms with van der Waals surface area (Å²) in [4.78, 5) is 0. The minimum absolute atomic E-state index is 0.166. The Morgan fingerprint density at radius 1 is 1.39 bits per heavy atom. The molecular weight excluding hydrogens is 257 g/mol. The quantitative estimate of drug-likeness (QED) is 0.891. The highest BCUT2D eigenvalue weighted by atomic mass is 32.2. The fourth-order valence-corrected chi connectivity index (χ4v) is 2.74. The van der Waals surface area contributed by atoms with Gasteiger partial charge in [0.15, 0.2) is 0 Å². The minimum atomic E-state index is -3.54. The number of nitrogens with two attached hydrogens (primary N) is 1. The van der Waals surface area contributed by atoms with Gasteiger partial charge in [0.25, 0.3) is 0 Å². The molecule has 1 aromatic carbocycles. The summed E-state index contributed by atoms with van der Waals surface area (Å²) in [5, 5.41) is 5.00. The number of aryl methyl sites for hydroxylation is 1. The first-order valence-corrected chi connectivity index (χ1v) is 7.20. The molecule has 0 aliphatic heterocycles. The first-order valence-electron chi connectivity index (χ1n) is 5.48. The maximum absolute atomic E-state index is 13.0. The highest BCUT2D eigenvalue weighted by molar-refractivity contribution is 7.89. The molecule has 0 spiro atoms. The van der Waals surface area contributed by atoms with Crippen LogP contribution >= 0.6 is 0 Å². The minimum Gasteiger partial charge on any atom is -0.493 e. The van der Waals surface area contributed by atoms with E-state index in [0.717, 1.165) is 0 Å². The Balaban J connectivity index is 2.67. The average Bonchev–Trinajstić information content (AvgIpc) is 2.16. The van der Waals surface area contributed by atoms with E-state index in [9.17, 15) is 12.8 Å². The van der Waals surface area contributed by atoms with Crippen LogP contribution in [0.25, 0.3) is 0 Å². The molecular formula is C12H18FNO3S. The van der Waals surface area contributed by atoms with Gasteiger partial charge in [-0.3, -0.25) is 0 Å². The molecule has 0 saturated carbocycles. The van der Waals surface area contributed by atoms with E-state index in [1.54, 1.807) is 26.8 Å². The number of benzene rings is 1. The van der Waals surface area contributed by atoms with E-state index >= 15 is 0 Å². The lowest BCUT2D eigenvalue weighted by molar-refractivity contribution is 0.199. The van der Waals surface area contributed by atoms with E-state index in [4.69, 9.17) is 9.88 Å². The summed E-state index contributed by atoms with van der Waals surface area (Å²) in [6, 6.07) is 4.40. The molecule has 0 aliphatic rings. The first-order chi connectivity index (χ1) is 8.09. The number of ether oxygens (including phenoxy) is 1. The van der Waals surface area contributed by atoms with Crippen LogP contribution in [-0.4, -0.2) is 20.8 Å². The molecule has 1 aromatic rings. The Labute approximate surface area is 107 Å². The second-order valence-corrected chi connectivity index (χ2v) is 6.79. The van der Waals surface area contributed by atoms with Gasteiger partial charge in [0.1, 0.15) is 11.6 Å². The van der Waals surface area contributed by atoms with Gasteiger partial charge in [0, 0.05) is 5.41 Å². The molecule has 1 rings (SSSR count). The molecule has 6 heteroatoms. The van der Waals surface area contributed by atoms with E-state index in [1.807, 2.05) is 0 Å². The standard InChI is InChI=1S/C12H18FNO3S/c1-9-6-10(4-5-11(9)13)17-7-12(2,3)8-18(14,15)16/h4-6H,7-8H2,1-3H3,(H2,14,15,16). The van der Waals surface area contributed by atoms with Gasteiger partial charge in [-0.15, -0.1) is 0 Å². The van der Waals surface area contributed by atoms with Gasteiger partial charge in [-0.25, -0.2) is 17.9 Å². The monoisotopic (exact) mass is 275 g/mol. The zero-order valence-corrected chi connectivity index (χ0v) is 11.6. The number of primary sulfonamides is 1. The Kier molecular flexibility index (Phi) is 4.34. The topological polar surface area (TPSA) is 69.4 Å². The number of hydrogen-bond donors (Lipinski definition) is 1. The van der Waals surface area contributed by atoms with Gasteiger partial charge in [0.2, 0.25) is 10.0 Å². The van der Waals surface area contributed by atoms with Crippen molar-refractivity contribution in [2.75, 3.05) is 12.4 Å². The predicted octanol–water partition coefficient (Wildman–Crippen LogP) is 1.83. The third-order valence-corrected chi connectivity index (χ3v) is 3.53. The van der Waals surface area contributed by atoms with Crippen molar-refractivity contribution < 1.29 is 17.5 Å². The molecule has 0 radical (unpaired) electrons. The van der Waals surface area contributed by atoms with Crippen LogP contribution in [0.3, 0.4) is 0 Å². The molecule has 102 valence electrons. The summed E-state index contributed by atoms with van der Waals surface area (Å²) in [7, 11) is -3.54. The van der Waals surface area contributed by atoms with Crippen molar-refractivity contribution in [1.82, 2.24) is 0 Å². The fraction of sp³-hybridized carbons (Fsp3) is 0.500. The molecule has 0 bridgehead atoms. The van der Waals surface area contributed by atoms with Gasteiger partial charge >= 0.3 is 0 Å². The van der Waals surface area contributed by atoms with Crippen LogP contribution in [-0.2, 0) is 10.0 Å². The van der Waals surface area contributed by atoms with Crippen molar-refractivity contribution in [3.63, 3.8) is 0 Å². The van der Waals surface area contributed by atoms with Crippen molar-refractivity contribution >= 4 is 10.0 Å². The number of hydrogen-bond acceptors (Lipinski definition) is 3. The summed E-state index contributed by atoms with van der Waals surface area (Å²) in [6.45, 7) is 5.31. The van der Waals surface area contributed by atoms with Crippen LogP contribution in [0, 0.1) is 18.2 Å². The molecule has 0 saturated heterocycles. The van der Waals surface area contributed by atoms with Gasteiger partial charge < -0.3 is 4.74 Å². The molecule has 0 atom stereocenters. The molecule has 0 aromatic heterocycles. The predicted molar refractivity (Wildman–Crippen MR) is 68.4 cm³/mol. The summed E-state index contributed by atoms with van der Waals surface area (Å²) in [5.41, 5.74) is -0.118. The van der Waals surface area contributed by atoms with Crippen LogP contribution in [0.2, 0.25) is 0 Å². The van der Waals surface area contributed by atoms with Crippen molar-refractivity contribution in [3.8, 4) is 5.75 Å². The van der Waals surface area contributed by atoms with E-state index in [-0.39, 0.29) is 18.2 Å². The lowest BCUT2D eigenvalue weighted by Gasteiger charge is -2.23. The number of sulfonamides is 1. The molecule has 0 heterocycles. The van der Waals surface area contributed by atoms with Crippen LogP contribution in [0.15, 0.2) is 18.2 Å². The van der Waals surface area contributed by atoms with Crippen molar-refractivity contribution in [3.05, 3.63) is 29.6 Å². The van der Waals surface area contributed by atoms with E-state index in [2.05, 4.69) is 0 Å². The Morgan fingerprint density at radius 2 is 2.00 bits per heavy atom. The number of halogens is 1. The normalized spacial score (nSPS) is 12.5. The largest absolute Gasteiger partial charge is 0.493 e. The molecule has 18 heavy (non-hydrogen) atoms. The van der Waals surface area contributed by atoms with Crippen molar-refractivity contribution in [2.45, 2.75) is 20.8 Å². The van der Waals surface area contributed by atoms with Crippen LogP contribution in [0.4, 0.5) is 4.39 Å². The first kappa shape index (κ1) is 14.9. The second-order valence-electron chi connectivity index (χ2n) is 5.17. The SMILES string of the molecule is Cc1cc(OCC(C)(C)CS(N)(=O)=O)ccc1F. The zero-order chi connectivity index (χ0) is 14.0. The van der Waals surface area contributed by atoms with E-state index in [0.29, 0.717) is 11.3 Å². The van der Waals surface area contributed by atoms with Crippen LogP contribution in [0.5, 0.6) is 5.75 Å². The second kappa shape index (κ2) is 5.24. The summed E-state index contributed by atoms with van der Waals surface area (Å²) >= 11 is 0. The molecule has 4 nitrogen and oxygen atoms in total. The maximum atomic E-state index is 13.0. The van der Waals surface area contributed by atoms with E-state index < -0.39 is 15.4 Å². The van der Waals surface area contributed by atoms with Gasteiger partial charge in [-0.1, -0.05) is 13.8 Å². The number of rotatable bonds is 5. The van der Waals surface area contributed by atoms with Crippen LogP contribution < -0.4 is 9.88 Å². The van der Waals surface area contributed by atoms with E-state index in [1.165, 1.54) is 12.1 Å². The van der Waals surface area contributed by atoms with Gasteiger partial charge in [-0.05, 0) is 30.7 Å².